The van der Waals surface area contributed by atoms with Gasteiger partial charge in [0.15, 0.2) is 0 Å². The molecule has 1 aliphatic rings. The van der Waals surface area contributed by atoms with Crippen LogP contribution in [0.3, 0.4) is 0 Å². The molecule has 11 nitrogen and oxygen atoms in total. The molecule has 3 aromatic carbocycles. The van der Waals surface area contributed by atoms with E-state index in [9.17, 15) is 39.7 Å². The topological polar surface area (TPSA) is 164 Å². The average molecular weight is 441 g/mol. The smallest absolute Gasteiger partial charge is 0.270 e. The minimum absolute atomic E-state index is 0.0246. The summed E-state index contributed by atoms with van der Waals surface area (Å²) in [6.07, 6.45) is 0. The number of imide groups is 1. The van der Waals surface area contributed by atoms with Crippen molar-refractivity contribution in [2.24, 2.45) is 0 Å². The largest absolute Gasteiger partial charge is 0.545 e. The molecule has 4 rings (SSSR count). The molecule has 3 aromatic rings. The summed E-state index contributed by atoms with van der Waals surface area (Å²) in [6, 6.07) is 7.23. The van der Waals surface area contributed by atoms with Crippen molar-refractivity contribution >= 4 is 57.2 Å². The van der Waals surface area contributed by atoms with E-state index in [-0.39, 0.29) is 32.6 Å². The molecular weight excluding hydrogens is 434 g/mol. The molecule has 1 aliphatic heterocycles. The van der Waals surface area contributed by atoms with Crippen LogP contribution in [-0.2, 0) is 0 Å². The molecule has 31 heavy (non-hydrogen) atoms. The van der Waals surface area contributed by atoms with E-state index < -0.39 is 44.6 Å². The first-order chi connectivity index (χ1) is 14.6. The first-order valence-corrected chi connectivity index (χ1v) is 8.78. The van der Waals surface area contributed by atoms with Crippen molar-refractivity contribution in [2.75, 3.05) is 4.90 Å². The van der Waals surface area contributed by atoms with E-state index in [1.54, 1.807) is 0 Å². The molecule has 1 heterocycles. The van der Waals surface area contributed by atoms with Crippen molar-refractivity contribution < 1.29 is 29.3 Å². The summed E-state index contributed by atoms with van der Waals surface area (Å²) in [6.45, 7) is 0. The summed E-state index contributed by atoms with van der Waals surface area (Å²) in [7, 11) is 0. The molecular formula is C19H7ClN3O8-. The molecule has 0 radical (unpaired) electrons. The van der Waals surface area contributed by atoms with Gasteiger partial charge in [-0.1, -0.05) is 11.6 Å². The van der Waals surface area contributed by atoms with Crippen molar-refractivity contribution in [2.45, 2.75) is 0 Å². The van der Waals surface area contributed by atoms with E-state index in [0.717, 1.165) is 36.4 Å². The molecule has 2 amide bonds. The summed E-state index contributed by atoms with van der Waals surface area (Å²) in [5.41, 5.74) is -2.19. The van der Waals surface area contributed by atoms with Gasteiger partial charge in [0.25, 0.3) is 23.2 Å². The van der Waals surface area contributed by atoms with Crippen molar-refractivity contribution in [3.63, 3.8) is 0 Å². The Hall–Kier alpha value is -4.38. The number of amides is 2. The van der Waals surface area contributed by atoms with Crippen molar-refractivity contribution in [1.29, 1.82) is 0 Å². The highest BCUT2D eigenvalue weighted by Crippen LogP contribution is 2.38. The lowest BCUT2D eigenvalue weighted by molar-refractivity contribution is -0.385. The second-order valence-corrected chi connectivity index (χ2v) is 6.90. The monoisotopic (exact) mass is 440 g/mol. The average Bonchev–Trinajstić information content (AvgIpc) is 2.71. The number of hydrogen-bond acceptors (Lipinski definition) is 8. The normalized spacial score (nSPS) is 12.9. The number of carbonyl (C=O) groups excluding carboxylic acids is 3. The molecule has 0 saturated carbocycles. The molecule has 0 spiro atoms. The zero-order chi connectivity index (χ0) is 22.6. The number of hydrogen-bond donors (Lipinski definition) is 0. The lowest BCUT2D eigenvalue weighted by Crippen LogP contribution is -2.40. The van der Waals surface area contributed by atoms with Gasteiger partial charge in [-0.05, 0) is 23.6 Å². The van der Waals surface area contributed by atoms with Crippen LogP contribution in [0.25, 0.3) is 10.8 Å². The molecule has 154 valence electrons. The summed E-state index contributed by atoms with van der Waals surface area (Å²) in [5.74, 6) is -3.59. The number of carboxylic acid groups (broad SMARTS) is 1. The molecule has 0 N–H and O–H groups in total. The lowest BCUT2D eigenvalue weighted by Gasteiger charge is -2.27. The number of nitrogens with zero attached hydrogens (tertiary/aromatic N) is 3. The Balaban J connectivity index is 2.03. The summed E-state index contributed by atoms with van der Waals surface area (Å²) in [4.78, 5) is 59.2. The Labute approximate surface area is 176 Å². The molecule has 0 aliphatic carbocycles. The number of carbonyl (C=O) groups is 3. The fourth-order valence-corrected chi connectivity index (χ4v) is 3.60. The predicted molar refractivity (Wildman–Crippen MR) is 104 cm³/mol. The molecule has 0 fully saturated rings. The highest BCUT2D eigenvalue weighted by Gasteiger charge is 2.37. The van der Waals surface area contributed by atoms with Crippen LogP contribution in [0.5, 0.6) is 0 Å². The Morgan fingerprint density at radius 3 is 1.84 bits per heavy atom. The van der Waals surface area contributed by atoms with Crippen LogP contribution in [-0.4, -0.2) is 27.6 Å². The van der Waals surface area contributed by atoms with E-state index in [1.165, 1.54) is 6.07 Å². The fourth-order valence-electron chi connectivity index (χ4n) is 3.41. The first kappa shape index (κ1) is 19.9. The van der Waals surface area contributed by atoms with Gasteiger partial charge in [-0.25, -0.2) is 4.90 Å². The Morgan fingerprint density at radius 1 is 0.871 bits per heavy atom. The van der Waals surface area contributed by atoms with Gasteiger partial charge in [0.2, 0.25) is 0 Å². The lowest BCUT2D eigenvalue weighted by atomic mass is 9.92. The van der Waals surface area contributed by atoms with Gasteiger partial charge in [0.1, 0.15) is 0 Å². The number of anilines is 1. The second kappa shape index (κ2) is 6.85. The van der Waals surface area contributed by atoms with Gasteiger partial charge in [0, 0.05) is 40.2 Å². The number of nitro groups is 2. The maximum Gasteiger partial charge on any atom is 0.270 e. The molecule has 0 atom stereocenters. The van der Waals surface area contributed by atoms with E-state index in [0.29, 0.717) is 4.90 Å². The quantitative estimate of drug-likeness (QED) is 0.339. The summed E-state index contributed by atoms with van der Waals surface area (Å²) < 4.78 is 0. The third-order valence-corrected chi connectivity index (χ3v) is 5.06. The fraction of sp³-hybridized carbons (Fsp3) is 0. The number of carboxylic acids is 1. The zero-order valence-corrected chi connectivity index (χ0v) is 15.8. The standard InChI is InChI=1S/C19H8ClN3O8/c20-15-2-1-9(5-12(15)19(26)27)21-17(24)13-6-10(22(28)29)3-8-4-11(23(30)31)7-14(16(8)13)18(21)25/h1-7H,(H,26,27)/p-1. The van der Waals surface area contributed by atoms with Gasteiger partial charge in [-0.2, -0.15) is 0 Å². The number of aromatic carboxylic acids is 1. The maximum absolute atomic E-state index is 13.1. The molecule has 0 bridgehead atoms. The maximum atomic E-state index is 13.1. The van der Waals surface area contributed by atoms with E-state index in [4.69, 9.17) is 11.6 Å². The minimum atomic E-state index is -1.66. The van der Waals surface area contributed by atoms with E-state index >= 15 is 0 Å². The van der Waals surface area contributed by atoms with Gasteiger partial charge in [-0.3, -0.25) is 29.8 Å². The molecule has 0 aromatic heterocycles. The number of benzene rings is 3. The third kappa shape index (κ3) is 3.04. The Kier molecular flexibility index (Phi) is 4.40. The zero-order valence-electron chi connectivity index (χ0n) is 15.0. The molecule has 0 saturated heterocycles. The highest BCUT2D eigenvalue weighted by molar-refractivity contribution is 6.37. The van der Waals surface area contributed by atoms with Crippen LogP contribution in [0.1, 0.15) is 31.1 Å². The van der Waals surface area contributed by atoms with E-state index in [2.05, 4.69) is 0 Å². The van der Waals surface area contributed by atoms with Gasteiger partial charge < -0.3 is 9.90 Å². The van der Waals surface area contributed by atoms with Crippen LogP contribution in [0, 0.1) is 20.2 Å². The van der Waals surface area contributed by atoms with Gasteiger partial charge in [-0.15, -0.1) is 0 Å². The summed E-state index contributed by atoms with van der Waals surface area (Å²) in [5, 5.41) is 33.7. The van der Waals surface area contributed by atoms with Crippen LogP contribution < -0.4 is 10.0 Å². The van der Waals surface area contributed by atoms with Crippen LogP contribution in [0.4, 0.5) is 17.1 Å². The number of halogens is 1. The third-order valence-electron chi connectivity index (χ3n) is 4.74. The molecule has 0 unspecified atom stereocenters. The van der Waals surface area contributed by atoms with Gasteiger partial charge >= 0.3 is 0 Å². The number of rotatable bonds is 4. The second-order valence-electron chi connectivity index (χ2n) is 6.50. The number of nitro benzene ring substituents is 2. The number of non-ortho nitro benzene ring substituents is 2. The van der Waals surface area contributed by atoms with Crippen LogP contribution >= 0.6 is 11.6 Å². The van der Waals surface area contributed by atoms with Crippen LogP contribution in [0.2, 0.25) is 5.02 Å². The Morgan fingerprint density at radius 2 is 1.39 bits per heavy atom. The van der Waals surface area contributed by atoms with Crippen molar-refractivity contribution in [3.8, 4) is 0 Å². The highest BCUT2D eigenvalue weighted by atomic mass is 35.5. The van der Waals surface area contributed by atoms with Gasteiger partial charge in [0.05, 0.1) is 32.6 Å². The van der Waals surface area contributed by atoms with E-state index in [1.807, 2.05) is 0 Å². The SMILES string of the molecule is O=C([O-])c1cc(N2C(=O)c3cc([N+](=O)[O-])cc4cc([N+](=O)[O-])cc(c34)C2=O)ccc1Cl. The van der Waals surface area contributed by atoms with Crippen LogP contribution in [0.15, 0.2) is 42.5 Å². The summed E-state index contributed by atoms with van der Waals surface area (Å²) >= 11 is 5.80. The minimum Gasteiger partial charge on any atom is -0.545 e. The predicted octanol–water partition coefficient (Wildman–Crippen LogP) is 2.47. The molecule has 12 heteroatoms. The Bertz CT molecular complexity index is 1320. The first-order valence-electron chi connectivity index (χ1n) is 8.40. The van der Waals surface area contributed by atoms with Crippen molar-refractivity contribution in [1.82, 2.24) is 0 Å². The van der Waals surface area contributed by atoms with Crippen molar-refractivity contribution in [3.05, 3.63) is 84.4 Å².